The number of esters is 1. The zero-order valence-electron chi connectivity index (χ0n) is 17.7. The third-order valence-electron chi connectivity index (χ3n) is 4.92. The van der Waals surface area contributed by atoms with Crippen molar-refractivity contribution in [1.29, 1.82) is 0 Å². The standard InChI is InChI=1S/C23H21ClFN5O3/c1-14-11-30(12-22(32)33-14)8-2-3-21(31)28-15-5-7-20-17(9-15)23(27-13-26-20)29-16-4-6-19(25)18(24)10-16/h2-7,9-10,13-14H,8,11-12H2,1H3,(H,28,31)(H,26,27,29). The molecular formula is C23H21ClFN5O3. The van der Waals surface area contributed by atoms with Crippen LogP contribution in [0.4, 0.5) is 21.6 Å². The van der Waals surface area contributed by atoms with Gasteiger partial charge in [-0.15, -0.1) is 0 Å². The molecule has 33 heavy (non-hydrogen) atoms. The molecule has 1 aromatic heterocycles. The summed E-state index contributed by atoms with van der Waals surface area (Å²) in [4.78, 5) is 34.3. The van der Waals surface area contributed by atoms with Gasteiger partial charge in [-0.05, 0) is 43.3 Å². The van der Waals surface area contributed by atoms with E-state index in [1.54, 1.807) is 30.3 Å². The number of morpholine rings is 1. The molecule has 3 aromatic rings. The number of carbonyl (C=O) groups is 2. The highest BCUT2D eigenvalue weighted by atomic mass is 35.5. The van der Waals surface area contributed by atoms with Crippen LogP contribution in [0.1, 0.15) is 6.92 Å². The Morgan fingerprint density at radius 3 is 2.88 bits per heavy atom. The topological polar surface area (TPSA) is 96.5 Å². The summed E-state index contributed by atoms with van der Waals surface area (Å²) in [7, 11) is 0. The lowest BCUT2D eigenvalue weighted by Gasteiger charge is -2.29. The summed E-state index contributed by atoms with van der Waals surface area (Å²) in [6.07, 6.45) is 4.38. The molecule has 2 N–H and O–H groups in total. The fourth-order valence-corrected chi connectivity index (χ4v) is 3.67. The normalized spacial score (nSPS) is 16.7. The van der Waals surface area contributed by atoms with E-state index in [0.29, 0.717) is 41.2 Å². The molecule has 1 fully saturated rings. The van der Waals surface area contributed by atoms with Gasteiger partial charge in [0.1, 0.15) is 24.1 Å². The molecular weight excluding hydrogens is 449 g/mol. The number of cyclic esters (lactones) is 1. The van der Waals surface area contributed by atoms with E-state index in [-0.39, 0.29) is 29.5 Å². The highest BCUT2D eigenvalue weighted by molar-refractivity contribution is 6.31. The second-order valence-electron chi connectivity index (χ2n) is 7.59. The highest BCUT2D eigenvalue weighted by Crippen LogP contribution is 2.27. The number of nitrogens with one attached hydrogen (secondary N) is 2. The first-order chi connectivity index (χ1) is 15.9. The number of ether oxygens (including phenoxy) is 1. The summed E-state index contributed by atoms with van der Waals surface area (Å²) in [5.41, 5.74) is 1.79. The van der Waals surface area contributed by atoms with Crippen LogP contribution in [0.5, 0.6) is 0 Å². The molecule has 0 spiro atoms. The first kappa shape index (κ1) is 22.6. The summed E-state index contributed by atoms with van der Waals surface area (Å²) >= 11 is 5.86. The van der Waals surface area contributed by atoms with E-state index < -0.39 is 5.82 Å². The first-order valence-corrected chi connectivity index (χ1v) is 10.6. The summed E-state index contributed by atoms with van der Waals surface area (Å²) < 4.78 is 18.5. The largest absolute Gasteiger partial charge is 0.460 e. The molecule has 2 heterocycles. The quantitative estimate of drug-likeness (QED) is 0.417. The highest BCUT2D eigenvalue weighted by Gasteiger charge is 2.22. The first-order valence-electron chi connectivity index (χ1n) is 10.2. The van der Waals surface area contributed by atoms with Crippen molar-refractivity contribution in [3.63, 3.8) is 0 Å². The van der Waals surface area contributed by atoms with E-state index in [0.717, 1.165) is 0 Å². The van der Waals surface area contributed by atoms with Crippen molar-refractivity contribution in [2.75, 3.05) is 30.3 Å². The average molecular weight is 470 g/mol. The lowest BCUT2D eigenvalue weighted by atomic mass is 10.2. The number of aromatic nitrogens is 2. The summed E-state index contributed by atoms with van der Waals surface area (Å²) in [5, 5.41) is 6.57. The molecule has 8 nitrogen and oxygen atoms in total. The maximum atomic E-state index is 13.4. The van der Waals surface area contributed by atoms with Gasteiger partial charge in [0.25, 0.3) is 0 Å². The molecule has 4 rings (SSSR count). The van der Waals surface area contributed by atoms with Gasteiger partial charge in [-0.25, -0.2) is 14.4 Å². The fraction of sp³-hybridized carbons (Fsp3) is 0.217. The lowest BCUT2D eigenvalue weighted by molar-refractivity contribution is -0.156. The van der Waals surface area contributed by atoms with Crippen molar-refractivity contribution in [2.45, 2.75) is 13.0 Å². The van der Waals surface area contributed by atoms with Crippen molar-refractivity contribution < 1.29 is 18.7 Å². The minimum atomic E-state index is -0.512. The fourth-order valence-electron chi connectivity index (χ4n) is 3.49. The zero-order valence-corrected chi connectivity index (χ0v) is 18.5. The number of nitrogens with zero attached hydrogens (tertiary/aromatic N) is 3. The van der Waals surface area contributed by atoms with Crippen LogP contribution >= 0.6 is 11.6 Å². The van der Waals surface area contributed by atoms with Gasteiger partial charge in [0, 0.05) is 35.9 Å². The molecule has 0 radical (unpaired) electrons. The number of halogens is 2. The smallest absolute Gasteiger partial charge is 0.320 e. The molecule has 1 saturated heterocycles. The van der Waals surface area contributed by atoms with Crippen LogP contribution in [-0.4, -0.2) is 52.5 Å². The maximum absolute atomic E-state index is 13.4. The Kier molecular flexibility index (Phi) is 6.81. The van der Waals surface area contributed by atoms with Crippen molar-refractivity contribution >= 4 is 51.6 Å². The summed E-state index contributed by atoms with van der Waals surface area (Å²) in [6.45, 7) is 3.12. The van der Waals surface area contributed by atoms with E-state index in [4.69, 9.17) is 16.3 Å². The minimum absolute atomic E-state index is 0.00555. The third-order valence-corrected chi connectivity index (χ3v) is 5.21. The van der Waals surface area contributed by atoms with Crippen LogP contribution in [0.2, 0.25) is 5.02 Å². The Hall–Kier alpha value is -3.56. The molecule has 170 valence electrons. The monoisotopic (exact) mass is 469 g/mol. The predicted octanol–water partition coefficient (Wildman–Crippen LogP) is 3.91. The molecule has 1 unspecified atom stereocenters. The number of rotatable bonds is 6. The Balaban J connectivity index is 1.44. The van der Waals surface area contributed by atoms with Crippen LogP contribution in [0, 0.1) is 5.82 Å². The third kappa shape index (κ3) is 5.82. The lowest BCUT2D eigenvalue weighted by Crippen LogP contribution is -2.44. The van der Waals surface area contributed by atoms with Gasteiger partial charge in [0.05, 0.1) is 17.1 Å². The molecule has 0 saturated carbocycles. The second kappa shape index (κ2) is 9.93. The molecule has 0 bridgehead atoms. The van der Waals surface area contributed by atoms with Gasteiger partial charge < -0.3 is 15.4 Å². The van der Waals surface area contributed by atoms with E-state index in [9.17, 15) is 14.0 Å². The summed E-state index contributed by atoms with van der Waals surface area (Å²) in [6, 6.07) is 9.52. The van der Waals surface area contributed by atoms with Gasteiger partial charge in [-0.2, -0.15) is 0 Å². The second-order valence-corrected chi connectivity index (χ2v) is 8.00. The number of hydrogen-bond acceptors (Lipinski definition) is 7. The van der Waals surface area contributed by atoms with Gasteiger partial charge in [0.2, 0.25) is 5.91 Å². The predicted molar refractivity (Wildman–Crippen MR) is 124 cm³/mol. The van der Waals surface area contributed by atoms with Crippen molar-refractivity contribution in [2.24, 2.45) is 0 Å². The SMILES string of the molecule is CC1CN(CC=CC(=O)Nc2ccc3ncnc(Nc4ccc(F)c(Cl)c4)c3c2)CC(=O)O1. The molecule has 1 atom stereocenters. The Bertz CT molecular complexity index is 1240. The Morgan fingerprint density at radius 2 is 2.09 bits per heavy atom. The van der Waals surface area contributed by atoms with Crippen molar-refractivity contribution in [1.82, 2.24) is 14.9 Å². The number of fused-ring (bicyclic) bond motifs is 1. The number of anilines is 3. The van der Waals surface area contributed by atoms with Crippen LogP contribution in [-0.2, 0) is 14.3 Å². The van der Waals surface area contributed by atoms with Gasteiger partial charge in [0.15, 0.2) is 0 Å². The van der Waals surface area contributed by atoms with E-state index >= 15 is 0 Å². The Morgan fingerprint density at radius 1 is 1.27 bits per heavy atom. The zero-order chi connectivity index (χ0) is 23.4. The Labute approximate surface area is 194 Å². The minimum Gasteiger partial charge on any atom is -0.460 e. The maximum Gasteiger partial charge on any atom is 0.320 e. The molecule has 10 heteroatoms. The molecule has 1 amide bonds. The van der Waals surface area contributed by atoms with Crippen LogP contribution in [0.25, 0.3) is 10.9 Å². The van der Waals surface area contributed by atoms with Gasteiger partial charge in [-0.1, -0.05) is 17.7 Å². The van der Waals surface area contributed by atoms with Crippen molar-refractivity contribution in [3.05, 3.63) is 65.7 Å². The molecule has 1 aliphatic heterocycles. The van der Waals surface area contributed by atoms with E-state index in [2.05, 4.69) is 20.6 Å². The van der Waals surface area contributed by atoms with Crippen LogP contribution in [0.15, 0.2) is 54.9 Å². The van der Waals surface area contributed by atoms with E-state index in [1.807, 2.05) is 11.8 Å². The number of benzene rings is 2. The number of amides is 1. The molecule has 1 aliphatic rings. The van der Waals surface area contributed by atoms with Gasteiger partial charge >= 0.3 is 5.97 Å². The molecule has 0 aliphatic carbocycles. The van der Waals surface area contributed by atoms with E-state index in [1.165, 1.54) is 24.5 Å². The van der Waals surface area contributed by atoms with Crippen LogP contribution in [0.3, 0.4) is 0 Å². The number of carbonyl (C=O) groups excluding carboxylic acids is 2. The van der Waals surface area contributed by atoms with Gasteiger partial charge in [-0.3, -0.25) is 14.5 Å². The van der Waals surface area contributed by atoms with Crippen LogP contribution < -0.4 is 10.6 Å². The molecule has 2 aromatic carbocycles. The number of hydrogen-bond donors (Lipinski definition) is 2. The summed E-state index contributed by atoms with van der Waals surface area (Å²) in [5.74, 6) is -0.598. The van der Waals surface area contributed by atoms with Crippen molar-refractivity contribution in [3.8, 4) is 0 Å². The average Bonchev–Trinajstić information content (AvgIpc) is 2.76.